The first kappa shape index (κ1) is 17.1. The third-order valence-electron chi connectivity index (χ3n) is 3.61. The van der Waals surface area contributed by atoms with Gasteiger partial charge in [-0.15, -0.1) is 0 Å². The number of ether oxygens (including phenoxy) is 1. The SMILES string of the molecule is CCCCNc1cccc2c1S(=O)(=O)N[C@@H](CC(C)C)CO2. The Morgan fingerprint density at radius 2 is 2.18 bits per heavy atom. The zero-order chi connectivity index (χ0) is 16.2. The molecule has 0 radical (unpaired) electrons. The monoisotopic (exact) mass is 326 g/mol. The number of anilines is 1. The van der Waals surface area contributed by atoms with Gasteiger partial charge in [-0.3, -0.25) is 0 Å². The van der Waals surface area contributed by atoms with E-state index in [0.717, 1.165) is 25.8 Å². The van der Waals surface area contributed by atoms with E-state index in [4.69, 9.17) is 4.74 Å². The molecule has 0 aliphatic carbocycles. The van der Waals surface area contributed by atoms with Crippen molar-refractivity contribution < 1.29 is 13.2 Å². The van der Waals surface area contributed by atoms with Gasteiger partial charge in [0.25, 0.3) is 0 Å². The van der Waals surface area contributed by atoms with Gasteiger partial charge in [0.05, 0.1) is 11.7 Å². The van der Waals surface area contributed by atoms with E-state index in [9.17, 15) is 8.42 Å². The minimum atomic E-state index is -3.58. The first-order valence-electron chi connectivity index (χ1n) is 7.96. The molecular weight excluding hydrogens is 300 g/mol. The topological polar surface area (TPSA) is 67.4 Å². The van der Waals surface area contributed by atoms with Crippen molar-refractivity contribution in [1.29, 1.82) is 0 Å². The lowest BCUT2D eigenvalue weighted by Crippen LogP contribution is -2.37. The molecule has 0 bridgehead atoms. The van der Waals surface area contributed by atoms with Crippen molar-refractivity contribution in [2.24, 2.45) is 5.92 Å². The van der Waals surface area contributed by atoms with Gasteiger partial charge in [0, 0.05) is 6.54 Å². The van der Waals surface area contributed by atoms with E-state index in [1.54, 1.807) is 12.1 Å². The van der Waals surface area contributed by atoms with Crippen LogP contribution in [0.2, 0.25) is 0 Å². The summed E-state index contributed by atoms with van der Waals surface area (Å²) in [4.78, 5) is 0.234. The van der Waals surface area contributed by atoms with Crippen molar-refractivity contribution in [3.63, 3.8) is 0 Å². The Balaban J connectivity index is 2.30. The number of rotatable bonds is 6. The molecular formula is C16H26N2O3S. The van der Waals surface area contributed by atoms with Gasteiger partial charge in [-0.05, 0) is 30.9 Å². The molecule has 22 heavy (non-hydrogen) atoms. The van der Waals surface area contributed by atoms with Crippen LogP contribution in [0, 0.1) is 5.92 Å². The van der Waals surface area contributed by atoms with Crippen LogP contribution in [0.1, 0.15) is 40.0 Å². The zero-order valence-corrected chi connectivity index (χ0v) is 14.4. The van der Waals surface area contributed by atoms with Crippen LogP contribution in [-0.2, 0) is 10.0 Å². The van der Waals surface area contributed by atoms with Gasteiger partial charge in [0.2, 0.25) is 10.0 Å². The van der Waals surface area contributed by atoms with Gasteiger partial charge in [0.15, 0.2) is 0 Å². The molecule has 0 spiro atoms. The standard InChI is InChI=1S/C16H26N2O3S/c1-4-5-9-17-14-7-6-8-15-16(14)22(19,20)18-13(11-21-15)10-12(2)3/h6-8,12-13,17-18H,4-5,9-11H2,1-3H3/t13-/m0/s1. The second kappa shape index (κ2) is 7.33. The predicted octanol–water partition coefficient (Wildman–Crippen LogP) is 2.98. The summed E-state index contributed by atoms with van der Waals surface area (Å²) in [7, 11) is -3.58. The van der Waals surface area contributed by atoms with Crippen LogP contribution in [0.5, 0.6) is 5.75 Å². The molecule has 2 rings (SSSR count). The van der Waals surface area contributed by atoms with Crippen LogP contribution in [0.4, 0.5) is 5.69 Å². The fourth-order valence-corrected chi connectivity index (χ4v) is 4.18. The number of hydrogen-bond donors (Lipinski definition) is 2. The maximum atomic E-state index is 12.7. The lowest BCUT2D eigenvalue weighted by molar-refractivity contribution is 0.262. The summed E-state index contributed by atoms with van der Waals surface area (Å²) in [5.41, 5.74) is 0.614. The average molecular weight is 326 g/mol. The fraction of sp³-hybridized carbons (Fsp3) is 0.625. The van der Waals surface area contributed by atoms with Crippen LogP contribution >= 0.6 is 0 Å². The first-order valence-corrected chi connectivity index (χ1v) is 9.44. The van der Waals surface area contributed by atoms with Crippen LogP contribution < -0.4 is 14.8 Å². The molecule has 1 aromatic carbocycles. The molecule has 124 valence electrons. The van der Waals surface area contributed by atoms with Crippen molar-refractivity contribution >= 4 is 15.7 Å². The van der Waals surface area contributed by atoms with E-state index in [2.05, 4.69) is 30.8 Å². The molecule has 0 saturated carbocycles. The summed E-state index contributed by atoms with van der Waals surface area (Å²) < 4.78 is 34.0. The zero-order valence-electron chi connectivity index (χ0n) is 13.6. The van der Waals surface area contributed by atoms with E-state index in [1.807, 2.05) is 6.07 Å². The molecule has 5 nitrogen and oxygen atoms in total. The van der Waals surface area contributed by atoms with Crippen LogP contribution in [0.3, 0.4) is 0 Å². The molecule has 1 aliphatic heterocycles. The summed E-state index contributed by atoms with van der Waals surface area (Å²) in [5.74, 6) is 0.833. The summed E-state index contributed by atoms with van der Waals surface area (Å²) in [6.45, 7) is 7.36. The van der Waals surface area contributed by atoms with Crippen molar-refractivity contribution in [2.45, 2.75) is 51.0 Å². The van der Waals surface area contributed by atoms with Gasteiger partial charge in [0.1, 0.15) is 17.3 Å². The highest BCUT2D eigenvalue weighted by molar-refractivity contribution is 7.89. The number of sulfonamides is 1. The van der Waals surface area contributed by atoms with E-state index in [-0.39, 0.29) is 10.9 Å². The lowest BCUT2D eigenvalue weighted by atomic mass is 10.1. The third kappa shape index (κ3) is 4.14. The van der Waals surface area contributed by atoms with Crippen LogP contribution in [0.15, 0.2) is 23.1 Å². The largest absolute Gasteiger partial charge is 0.490 e. The molecule has 1 aliphatic rings. The lowest BCUT2D eigenvalue weighted by Gasteiger charge is -2.17. The van der Waals surface area contributed by atoms with Crippen LogP contribution in [-0.4, -0.2) is 27.6 Å². The molecule has 1 atom stereocenters. The molecule has 0 saturated heterocycles. The van der Waals surface area contributed by atoms with E-state index < -0.39 is 10.0 Å². The second-order valence-corrected chi connectivity index (χ2v) is 7.82. The van der Waals surface area contributed by atoms with E-state index in [0.29, 0.717) is 24.0 Å². The Labute approximate surface area is 133 Å². The van der Waals surface area contributed by atoms with Gasteiger partial charge >= 0.3 is 0 Å². The molecule has 0 aromatic heterocycles. The summed E-state index contributed by atoms with van der Waals surface area (Å²) in [6, 6.07) is 5.14. The smallest absolute Gasteiger partial charge is 0.246 e. The fourth-order valence-electron chi connectivity index (χ4n) is 2.63. The molecule has 0 amide bonds. The molecule has 0 unspecified atom stereocenters. The molecule has 6 heteroatoms. The normalized spacial score (nSPS) is 20.1. The Hall–Kier alpha value is -1.27. The quantitative estimate of drug-likeness (QED) is 0.789. The van der Waals surface area contributed by atoms with Gasteiger partial charge in [-0.2, -0.15) is 0 Å². The highest BCUT2D eigenvalue weighted by Gasteiger charge is 2.31. The number of fused-ring (bicyclic) bond motifs is 1. The summed E-state index contributed by atoms with van der Waals surface area (Å²) >= 11 is 0. The number of nitrogens with one attached hydrogen (secondary N) is 2. The summed E-state index contributed by atoms with van der Waals surface area (Å²) in [6.07, 6.45) is 2.81. The second-order valence-electron chi connectivity index (χ2n) is 6.17. The van der Waals surface area contributed by atoms with Crippen LogP contribution in [0.25, 0.3) is 0 Å². The van der Waals surface area contributed by atoms with Crippen molar-refractivity contribution in [2.75, 3.05) is 18.5 Å². The average Bonchev–Trinajstić information content (AvgIpc) is 2.55. The van der Waals surface area contributed by atoms with E-state index in [1.165, 1.54) is 0 Å². The van der Waals surface area contributed by atoms with Crippen molar-refractivity contribution in [1.82, 2.24) is 4.72 Å². The highest BCUT2D eigenvalue weighted by Crippen LogP contribution is 2.33. The first-order chi connectivity index (χ1) is 10.4. The maximum absolute atomic E-state index is 12.7. The minimum Gasteiger partial charge on any atom is -0.490 e. The number of unbranched alkanes of at least 4 members (excludes halogenated alkanes) is 1. The van der Waals surface area contributed by atoms with Gasteiger partial charge < -0.3 is 10.1 Å². The Bertz CT molecular complexity index is 599. The van der Waals surface area contributed by atoms with Crippen molar-refractivity contribution in [3.05, 3.63) is 18.2 Å². The highest BCUT2D eigenvalue weighted by atomic mass is 32.2. The molecule has 1 aromatic rings. The molecule has 2 N–H and O–H groups in total. The third-order valence-corrected chi connectivity index (χ3v) is 5.21. The number of hydrogen-bond acceptors (Lipinski definition) is 4. The van der Waals surface area contributed by atoms with Crippen molar-refractivity contribution in [3.8, 4) is 5.75 Å². The van der Waals surface area contributed by atoms with Gasteiger partial charge in [-0.25, -0.2) is 13.1 Å². The molecule has 1 heterocycles. The van der Waals surface area contributed by atoms with E-state index >= 15 is 0 Å². The van der Waals surface area contributed by atoms with Gasteiger partial charge in [-0.1, -0.05) is 33.3 Å². The molecule has 0 fully saturated rings. The number of benzene rings is 1. The maximum Gasteiger partial charge on any atom is 0.246 e. The summed E-state index contributed by atoms with van der Waals surface area (Å²) in [5, 5.41) is 3.21. The Morgan fingerprint density at radius 1 is 1.41 bits per heavy atom. The predicted molar refractivity (Wildman–Crippen MR) is 88.9 cm³/mol. The Kier molecular flexibility index (Phi) is 5.69. The minimum absolute atomic E-state index is 0.194. The Morgan fingerprint density at radius 3 is 2.86 bits per heavy atom.